The van der Waals surface area contributed by atoms with Gasteiger partial charge in [-0.05, 0) is 40.0 Å². The van der Waals surface area contributed by atoms with Crippen molar-refractivity contribution in [2.45, 2.75) is 37.7 Å². The Hall–Kier alpha value is -0.500. The van der Waals surface area contributed by atoms with Crippen molar-refractivity contribution in [2.24, 2.45) is 5.92 Å². The summed E-state index contributed by atoms with van der Waals surface area (Å²) in [5.74, 6) is -0.470. The van der Waals surface area contributed by atoms with Crippen molar-refractivity contribution in [3.05, 3.63) is 28.5 Å². The minimum atomic E-state index is -3.78. The van der Waals surface area contributed by atoms with Crippen molar-refractivity contribution in [2.75, 3.05) is 6.54 Å². The molecule has 0 saturated carbocycles. The van der Waals surface area contributed by atoms with Gasteiger partial charge in [-0.3, -0.25) is 0 Å². The second kappa shape index (κ2) is 7.49. The average Bonchev–Trinajstić information content (AvgIpc) is 2.37. The lowest BCUT2D eigenvalue weighted by Gasteiger charge is -2.20. The molecule has 0 aliphatic rings. The molecular weight excluding hydrogens is 349 g/mol. The largest absolute Gasteiger partial charge is 0.391 e. The highest BCUT2D eigenvalue weighted by molar-refractivity contribution is 9.10. The van der Waals surface area contributed by atoms with Gasteiger partial charge in [-0.25, -0.2) is 17.5 Å². The molecule has 20 heavy (non-hydrogen) atoms. The Balaban J connectivity index is 2.80. The fourth-order valence-corrected chi connectivity index (χ4v) is 4.06. The summed E-state index contributed by atoms with van der Waals surface area (Å²) in [5.41, 5.74) is 0. The summed E-state index contributed by atoms with van der Waals surface area (Å²) in [5, 5.41) is 9.93. The van der Waals surface area contributed by atoms with Crippen LogP contribution in [0, 0.1) is 11.7 Å². The van der Waals surface area contributed by atoms with E-state index in [9.17, 15) is 17.9 Å². The van der Waals surface area contributed by atoms with E-state index in [1.54, 1.807) is 0 Å². The summed E-state index contributed by atoms with van der Waals surface area (Å²) in [6.07, 6.45) is 0.818. The summed E-state index contributed by atoms with van der Waals surface area (Å²) >= 11 is 3.02. The maximum Gasteiger partial charge on any atom is 0.241 e. The highest BCUT2D eigenvalue weighted by Gasteiger charge is 2.22. The molecule has 0 radical (unpaired) electrons. The smallest absolute Gasteiger partial charge is 0.241 e. The molecule has 1 atom stereocenters. The standard InChI is InChI=1S/C13H19BrFNO3S/c1-3-9(4-2)12(17)8-16-20(18,19)13-6-5-10(15)7-11(13)14/h5-7,9,12,16-17H,3-4,8H2,1-2H3. The lowest BCUT2D eigenvalue weighted by Crippen LogP contribution is -2.36. The summed E-state index contributed by atoms with van der Waals surface area (Å²) in [4.78, 5) is -0.0457. The molecule has 0 aliphatic heterocycles. The van der Waals surface area contributed by atoms with Gasteiger partial charge >= 0.3 is 0 Å². The molecule has 1 aromatic carbocycles. The number of nitrogens with one attached hydrogen (secondary N) is 1. The molecule has 0 saturated heterocycles. The average molecular weight is 368 g/mol. The molecule has 1 rings (SSSR count). The lowest BCUT2D eigenvalue weighted by atomic mass is 9.97. The molecule has 0 bridgehead atoms. The molecular formula is C13H19BrFNO3S. The van der Waals surface area contributed by atoms with Crippen LogP contribution in [0.4, 0.5) is 4.39 Å². The van der Waals surface area contributed by atoms with Crippen molar-refractivity contribution < 1.29 is 17.9 Å². The molecule has 0 aromatic heterocycles. The monoisotopic (exact) mass is 367 g/mol. The van der Waals surface area contributed by atoms with E-state index in [0.717, 1.165) is 25.0 Å². The van der Waals surface area contributed by atoms with Crippen molar-refractivity contribution in [1.82, 2.24) is 4.72 Å². The van der Waals surface area contributed by atoms with Crippen molar-refractivity contribution in [1.29, 1.82) is 0 Å². The van der Waals surface area contributed by atoms with Crippen LogP contribution in [0.25, 0.3) is 0 Å². The van der Waals surface area contributed by atoms with E-state index in [0.29, 0.717) is 0 Å². The third kappa shape index (κ3) is 4.51. The normalized spacial score (nSPS) is 13.7. The predicted octanol–water partition coefficient (Wildman–Crippen LogP) is 2.66. The third-order valence-electron chi connectivity index (χ3n) is 3.26. The van der Waals surface area contributed by atoms with E-state index < -0.39 is 21.9 Å². The van der Waals surface area contributed by atoms with Gasteiger partial charge in [0.05, 0.1) is 11.0 Å². The van der Waals surface area contributed by atoms with Crippen molar-refractivity contribution >= 4 is 26.0 Å². The predicted molar refractivity (Wildman–Crippen MR) is 79.4 cm³/mol. The van der Waals surface area contributed by atoms with Crippen molar-refractivity contribution in [3.63, 3.8) is 0 Å². The first-order chi connectivity index (χ1) is 9.31. The maximum atomic E-state index is 13.0. The number of halogens is 2. The van der Waals surface area contributed by atoms with Gasteiger partial charge in [0.15, 0.2) is 0 Å². The van der Waals surface area contributed by atoms with Crippen LogP contribution in [-0.4, -0.2) is 26.2 Å². The maximum absolute atomic E-state index is 13.0. The molecule has 7 heteroatoms. The zero-order chi connectivity index (χ0) is 15.3. The minimum absolute atomic E-state index is 0.0457. The van der Waals surface area contributed by atoms with Crippen LogP contribution < -0.4 is 4.72 Å². The van der Waals surface area contributed by atoms with Gasteiger partial charge in [-0.1, -0.05) is 26.7 Å². The summed E-state index contributed by atoms with van der Waals surface area (Å²) < 4.78 is 39.7. The zero-order valence-electron chi connectivity index (χ0n) is 11.4. The molecule has 2 N–H and O–H groups in total. The summed E-state index contributed by atoms with van der Waals surface area (Å²) in [6, 6.07) is 3.35. The van der Waals surface area contributed by atoms with Crippen LogP contribution in [0.1, 0.15) is 26.7 Å². The van der Waals surface area contributed by atoms with Gasteiger partial charge in [-0.2, -0.15) is 0 Å². The zero-order valence-corrected chi connectivity index (χ0v) is 13.8. The number of rotatable bonds is 7. The fourth-order valence-electron chi connectivity index (χ4n) is 1.97. The number of sulfonamides is 1. The van der Waals surface area contributed by atoms with Crippen LogP contribution in [0.5, 0.6) is 0 Å². The molecule has 4 nitrogen and oxygen atoms in total. The van der Waals surface area contributed by atoms with Gasteiger partial charge in [0.2, 0.25) is 10.0 Å². The third-order valence-corrected chi connectivity index (χ3v) is 5.66. The Kier molecular flexibility index (Phi) is 6.57. The van der Waals surface area contributed by atoms with Gasteiger partial charge in [0.25, 0.3) is 0 Å². The summed E-state index contributed by atoms with van der Waals surface area (Å²) in [6.45, 7) is 3.84. The Morgan fingerprint density at radius 3 is 2.45 bits per heavy atom. The Labute approximate surface area is 127 Å². The van der Waals surface area contributed by atoms with Crippen LogP contribution in [0.15, 0.2) is 27.6 Å². The van der Waals surface area contributed by atoms with Crippen LogP contribution in [0.2, 0.25) is 0 Å². The molecule has 0 amide bonds. The van der Waals surface area contributed by atoms with E-state index in [1.807, 2.05) is 13.8 Å². The number of hydrogen-bond donors (Lipinski definition) is 2. The first-order valence-electron chi connectivity index (χ1n) is 6.44. The minimum Gasteiger partial charge on any atom is -0.391 e. The fraction of sp³-hybridized carbons (Fsp3) is 0.538. The van der Waals surface area contributed by atoms with E-state index in [-0.39, 0.29) is 21.8 Å². The molecule has 0 fully saturated rings. The second-order valence-electron chi connectivity index (χ2n) is 4.57. The second-order valence-corrected chi connectivity index (χ2v) is 7.16. The lowest BCUT2D eigenvalue weighted by molar-refractivity contribution is 0.107. The Morgan fingerprint density at radius 2 is 1.95 bits per heavy atom. The number of aliphatic hydroxyl groups excluding tert-OH is 1. The van der Waals surface area contributed by atoms with E-state index >= 15 is 0 Å². The number of aliphatic hydroxyl groups is 1. The Morgan fingerprint density at radius 1 is 1.35 bits per heavy atom. The quantitative estimate of drug-likeness (QED) is 0.778. The van der Waals surface area contributed by atoms with Crippen LogP contribution >= 0.6 is 15.9 Å². The first-order valence-corrected chi connectivity index (χ1v) is 8.72. The SMILES string of the molecule is CCC(CC)C(O)CNS(=O)(=O)c1ccc(F)cc1Br. The molecule has 114 valence electrons. The van der Waals surface area contributed by atoms with E-state index in [4.69, 9.17) is 0 Å². The summed E-state index contributed by atoms with van der Waals surface area (Å²) in [7, 11) is -3.78. The van der Waals surface area contributed by atoms with Gasteiger partial charge < -0.3 is 5.11 Å². The van der Waals surface area contributed by atoms with Crippen LogP contribution in [0.3, 0.4) is 0 Å². The van der Waals surface area contributed by atoms with Gasteiger partial charge in [-0.15, -0.1) is 0 Å². The van der Waals surface area contributed by atoms with E-state index in [2.05, 4.69) is 20.7 Å². The van der Waals surface area contributed by atoms with Gasteiger partial charge in [0, 0.05) is 11.0 Å². The number of hydrogen-bond acceptors (Lipinski definition) is 3. The van der Waals surface area contributed by atoms with E-state index in [1.165, 1.54) is 6.07 Å². The molecule has 1 aromatic rings. The first kappa shape index (κ1) is 17.6. The number of benzene rings is 1. The molecule has 0 heterocycles. The molecule has 1 unspecified atom stereocenters. The Bertz CT molecular complexity index is 547. The van der Waals surface area contributed by atoms with Crippen LogP contribution in [-0.2, 0) is 10.0 Å². The highest BCUT2D eigenvalue weighted by atomic mass is 79.9. The van der Waals surface area contributed by atoms with Gasteiger partial charge in [0.1, 0.15) is 5.82 Å². The topological polar surface area (TPSA) is 66.4 Å². The molecule has 0 spiro atoms. The molecule has 0 aliphatic carbocycles. The van der Waals surface area contributed by atoms with Crippen molar-refractivity contribution in [3.8, 4) is 0 Å². The highest BCUT2D eigenvalue weighted by Crippen LogP contribution is 2.22.